The van der Waals surface area contributed by atoms with E-state index in [4.69, 9.17) is 17.3 Å². The quantitative estimate of drug-likeness (QED) is 0.0172. The number of halogens is 7. The maximum Gasteiger partial charge on any atom is 0.416 e. The molecule has 0 unspecified atom stereocenters. The highest BCUT2D eigenvalue weighted by Gasteiger charge is 2.40. The topological polar surface area (TPSA) is 217 Å². The molecular formula is C94H115ClF6N12O6. The molecule has 0 saturated carbocycles. The number of rotatable bonds is 29. The van der Waals surface area contributed by atoms with Crippen molar-refractivity contribution in [2.24, 2.45) is 11.7 Å². The first-order chi connectivity index (χ1) is 57.5. The van der Waals surface area contributed by atoms with E-state index in [-0.39, 0.29) is 96.9 Å². The number of likely N-dealkylation sites (tertiary alicyclic amines) is 2. The molecule has 6 atom stereocenters. The fraction of sp³-hybridized carbons (Fsp3) is 0.447. The molecule has 5 heterocycles. The summed E-state index contributed by atoms with van der Waals surface area (Å²) in [4.78, 5) is 89.6. The van der Waals surface area contributed by atoms with Gasteiger partial charge in [0.25, 0.3) is 11.8 Å². The van der Waals surface area contributed by atoms with Crippen LogP contribution in [0.4, 0.5) is 26.3 Å². The van der Waals surface area contributed by atoms with Crippen LogP contribution in [-0.4, -0.2) is 194 Å². The molecule has 5 saturated heterocycles. The average Bonchev–Trinajstić information content (AvgIpc) is 1.56. The number of hydrogen-bond donors (Lipinski definition) is 7. The molecule has 0 aromatic heterocycles. The molecule has 13 rings (SSSR count). The Hall–Kier alpha value is -9.53. The molecular weight excluding hydrogens is 1540 g/mol. The molecule has 636 valence electrons. The minimum atomic E-state index is -4.99. The van der Waals surface area contributed by atoms with Gasteiger partial charge in [-0.15, -0.1) is 0 Å². The standard InChI is InChI=1S/C38H44N4O2.C29H30F6N4O2.C27H41ClN4O2/c43-37(33-18-17-29-11-7-8-16-32(29)27-33)39-22-19-34-20-26-42(38(44)36(40-34)21-25-41-23-9-10-24-41)28-35(30-12-3-1-4-13-30)31-14-5-2-6-15-31;30-28(31,32)22-12-18(13-23(15-22)29(33,34)35)17-39-11-9-24(38-25(27(39)41)6-3-10-36)16-37-26(40)21-8-7-19-4-1-2-5-20(19)14-21;1-3-21(4-2)19-32-17-14-24(30-25(27(32)34)20-31-15-6-5-7-16-31)18-29-26(33)13-10-22-8-11-23(28)12-9-22/h1-8,11-18,27,34-36,40H,9-10,19-26,28H2,(H,39,43);1-2,4-5,7-8,12-15,24-25,38H,3,6,9-11,16-17,36H2,(H,37,40);8-13,21,24-25,30H,3-7,14-20H2,1-2H3,(H,29,33)/b;;13-10+/t34-,36+;2*24-,25-/m100/s1. The van der Waals surface area contributed by atoms with Crippen LogP contribution in [0.15, 0.2) is 194 Å². The SMILES string of the molecule is CCC(CC)CN1CC[C@@H](CNC(=O)/C=C/c2ccc(Cl)cc2)N[C@@H](CN2CCCCC2)C1=O.NCCC[C@@H]1N[C@H](CNC(=O)c2ccc3ccccc3c2)CCN(Cc2cc(C(F)(F)F)cc(C(F)(F)F)c2)C1=O.O=C(NCC[C@@H]1CCN(CC(c2ccccc2)c2ccccc2)C(=O)[C@H](CCN2CCCC2)N1)c1ccc2ccccc2c1. The van der Waals surface area contributed by atoms with Gasteiger partial charge < -0.3 is 62.1 Å². The van der Waals surface area contributed by atoms with Crippen molar-refractivity contribution >= 4 is 74.7 Å². The highest BCUT2D eigenvalue weighted by Crippen LogP contribution is 2.37. The second-order valence-corrected chi connectivity index (χ2v) is 32.5. The Balaban J connectivity index is 0.000000176. The van der Waals surface area contributed by atoms with E-state index in [9.17, 15) is 55.1 Å². The summed E-state index contributed by atoms with van der Waals surface area (Å²) in [5, 5.41) is 24.3. The van der Waals surface area contributed by atoms with Crippen LogP contribution >= 0.6 is 11.6 Å². The number of carbonyl (C=O) groups is 6. The minimum Gasteiger partial charge on any atom is -0.352 e. The fourth-order valence-corrected chi connectivity index (χ4v) is 16.7. The summed E-state index contributed by atoms with van der Waals surface area (Å²) in [6.45, 7) is 14.5. The lowest BCUT2D eigenvalue weighted by Gasteiger charge is -2.33. The Morgan fingerprint density at radius 2 is 0.983 bits per heavy atom. The number of nitrogens with two attached hydrogens (primary N) is 1. The van der Waals surface area contributed by atoms with E-state index in [0.29, 0.717) is 79.6 Å². The molecule has 5 fully saturated rings. The minimum absolute atomic E-state index is 0.0544. The summed E-state index contributed by atoms with van der Waals surface area (Å²) >= 11 is 5.92. The zero-order valence-electron chi connectivity index (χ0n) is 68.3. The first-order valence-electron chi connectivity index (χ1n) is 42.4. The molecule has 5 aliphatic rings. The van der Waals surface area contributed by atoms with Crippen molar-refractivity contribution in [3.63, 3.8) is 0 Å². The highest BCUT2D eigenvalue weighted by molar-refractivity contribution is 6.30. The second kappa shape index (κ2) is 44.7. The third-order valence-corrected chi connectivity index (χ3v) is 23.7. The van der Waals surface area contributed by atoms with Crippen LogP contribution in [-0.2, 0) is 38.1 Å². The van der Waals surface area contributed by atoms with Crippen molar-refractivity contribution in [1.82, 2.24) is 56.4 Å². The van der Waals surface area contributed by atoms with Crippen LogP contribution in [0.25, 0.3) is 27.6 Å². The molecule has 8 aromatic rings. The van der Waals surface area contributed by atoms with Gasteiger partial charge >= 0.3 is 12.4 Å². The molecule has 0 bridgehead atoms. The van der Waals surface area contributed by atoms with Crippen molar-refractivity contribution in [2.75, 3.05) is 98.2 Å². The van der Waals surface area contributed by atoms with Crippen LogP contribution < -0.4 is 37.6 Å². The summed E-state index contributed by atoms with van der Waals surface area (Å²) in [7, 11) is 0. The number of benzene rings is 8. The van der Waals surface area contributed by atoms with Gasteiger partial charge in [-0.3, -0.25) is 28.8 Å². The molecule has 119 heavy (non-hydrogen) atoms. The Bertz CT molecular complexity index is 4550. The predicted octanol–water partition coefficient (Wildman–Crippen LogP) is 14.9. The lowest BCUT2D eigenvalue weighted by atomic mass is 9.90. The maximum atomic E-state index is 14.1. The first kappa shape index (κ1) is 90.2. The Morgan fingerprint density at radius 1 is 0.504 bits per heavy atom. The largest absolute Gasteiger partial charge is 0.416 e. The van der Waals surface area contributed by atoms with Gasteiger partial charge in [-0.25, -0.2) is 0 Å². The maximum absolute atomic E-state index is 14.1. The van der Waals surface area contributed by atoms with E-state index in [1.807, 2.05) is 103 Å². The van der Waals surface area contributed by atoms with Gasteiger partial charge in [-0.2, -0.15) is 26.3 Å². The van der Waals surface area contributed by atoms with Gasteiger partial charge in [0.15, 0.2) is 0 Å². The van der Waals surface area contributed by atoms with Crippen molar-refractivity contribution in [3.8, 4) is 0 Å². The van der Waals surface area contributed by atoms with Crippen molar-refractivity contribution < 1.29 is 55.1 Å². The molecule has 0 aliphatic carbocycles. The lowest BCUT2D eigenvalue weighted by Crippen LogP contribution is -2.54. The monoisotopic (exact) mass is 1660 g/mol. The third-order valence-electron chi connectivity index (χ3n) is 23.5. The van der Waals surface area contributed by atoms with Crippen LogP contribution in [0.2, 0.25) is 5.02 Å². The summed E-state index contributed by atoms with van der Waals surface area (Å²) in [5.41, 5.74) is 6.99. The van der Waals surface area contributed by atoms with Gasteiger partial charge in [-0.05, 0) is 214 Å². The molecule has 25 heteroatoms. The Morgan fingerprint density at radius 3 is 1.55 bits per heavy atom. The van der Waals surface area contributed by atoms with Crippen LogP contribution in [0.1, 0.15) is 164 Å². The zero-order chi connectivity index (χ0) is 84.3. The number of alkyl halides is 6. The average molecular weight is 1660 g/mol. The van der Waals surface area contributed by atoms with Crippen molar-refractivity contribution in [1.29, 1.82) is 0 Å². The number of amides is 6. The molecule has 0 spiro atoms. The molecule has 6 amide bonds. The van der Waals surface area contributed by atoms with Gasteiger partial charge in [-0.1, -0.05) is 178 Å². The van der Waals surface area contributed by atoms with Crippen LogP contribution in [0.3, 0.4) is 0 Å². The second-order valence-electron chi connectivity index (χ2n) is 32.1. The number of nitrogens with zero attached hydrogens (tertiary/aromatic N) is 5. The molecule has 18 nitrogen and oxygen atoms in total. The first-order valence-corrected chi connectivity index (χ1v) is 42.8. The Labute approximate surface area is 700 Å². The fourth-order valence-electron chi connectivity index (χ4n) is 16.6. The van der Waals surface area contributed by atoms with E-state index in [1.165, 1.54) is 48.1 Å². The molecule has 5 aliphatic heterocycles. The number of fused-ring (bicyclic) bond motifs is 2. The van der Waals surface area contributed by atoms with Gasteiger partial charge in [0, 0.05) is 118 Å². The zero-order valence-corrected chi connectivity index (χ0v) is 69.0. The highest BCUT2D eigenvalue weighted by atomic mass is 35.5. The summed E-state index contributed by atoms with van der Waals surface area (Å²) in [6, 6.07) is 55.3. The van der Waals surface area contributed by atoms with Gasteiger partial charge in [0.05, 0.1) is 29.3 Å². The number of nitrogens with one attached hydrogen (secondary N) is 6. The van der Waals surface area contributed by atoms with E-state index in [1.54, 1.807) is 24.3 Å². The Kier molecular flexibility index (Phi) is 33.9. The molecule has 8 aromatic carbocycles. The van der Waals surface area contributed by atoms with Crippen LogP contribution in [0, 0.1) is 5.92 Å². The number of hydrogen-bond acceptors (Lipinski definition) is 12. The summed E-state index contributed by atoms with van der Waals surface area (Å²) in [6.07, 6.45) is 6.08. The normalized spacial score (nSPS) is 19.9. The van der Waals surface area contributed by atoms with Gasteiger partial charge in [0.1, 0.15) is 0 Å². The molecule has 8 N–H and O–H groups in total. The lowest BCUT2D eigenvalue weighted by molar-refractivity contribution is -0.143. The van der Waals surface area contributed by atoms with E-state index >= 15 is 0 Å². The smallest absolute Gasteiger partial charge is 0.352 e. The predicted molar refractivity (Wildman–Crippen MR) is 459 cm³/mol. The third kappa shape index (κ3) is 27.2. The van der Waals surface area contributed by atoms with Crippen LogP contribution in [0.5, 0.6) is 0 Å². The number of carbonyl (C=O) groups excluding carboxylic acids is 6. The van der Waals surface area contributed by atoms with Crippen molar-refractivity contribution in [3.05, 3.63) is 244 Å². The van der Waals surface area contributed by atoms with E-state index < -0.39 is 42.0 Å². The van der Waals surface area contributed by atoms with E-state index in [0.717, 1.165) is 118 Å². The summed E-state index contributed by atoms with van der Waals surface area (Å²) < 4.78 is 80.1. The number of piperidine rings is 1. The summed E-state index contributed by atoms with van der Waals surface area (Å²) in [5.74, 6) is 0.111. The van der Waals surface area contributed by atoms with E-state index in [2.05, 4.69) is 120 Å². The van der Waals surface area contributed by atoms with Crippen molar-refractivity contribution in [2.45, 2.75) is 165 Å². The van der Waals surface area contributed by atoms with Gasteiger partial charge in [0.2, 0.25) is 23.6 Å². The molecule has 0 radical (unpaired) electrons.